The Morgan fingerprint density at radius 2 is 1.55 bits per heavy atom. The van der Waals surface area contributed by atoms with Gasteiger partial charge in [0.15, 0.2) is 6.61 Å². The smallest absolute Gasteiger partial charge is 0.276 e. The molecule has 3 N–H and O–H groups in total. The molecule has 0 aromatic heterocycles. The molecule has 0 fully saturated rings. The third kappa shape index (κ3) is 7.29. The first-order chi connectivity index (χ1) is 13.9. The maximum atomic E-state index is 12.1. The van der Waals surface area contributed by atoms with Crippen LogP contribution in [0.1, 0.15) is 55.5 Å². The fourth-order valence-corrected chi connectivity index (χ4v) is 2.49. The number of anilines is 1. The summed E-state index contributed by atoms with van der Waals surface area (Å²) >= 11 is 0. The van der Waals surface area contributed by atoms with Crippen molar-refractivity contribution in [2.24, 2.45) is 0 Å². The predicted octanol–water partition coefficient (Wildman–Crippen LogP) is 3.39. The van der Waals surface area contributed by atoms with Gasteiger partial charge in [0.1, 0.15) is 5.75 Å². The molecular formula is C22H27N3O4. The Morgan fingerprint density at radius 1 is 0.897 bits per heavy atom. The summed E-state index contributed by atoms with van der Waals surface area (Å²) in [7, 11) is 0. The molecule has 0 saturated heterocycles. The molecule has 2 aromatic carbocycles. The van der Waals surface area contributed by atoms with E-state index in [-0.39, 0.29) is 12.5 Å². The Morgan fingerprint density at radius 3 is 2.14 bits per heavy atom. The minimum atomic E-state index is -0.477. The summed E-state index contributed by atoms with van der Waals surface area (Å²) in [5.41, 5.74) is 6.79. The van der Waals surface area contributed by atoms with E-state index in [0.29, 0.717) is 29.3 Å². The van der Waals surface area contributed by atoms with E-state index < -0.39 is 11.8 Å². The van der Waals surface area contributed by atoms with Crippen LogP contribution in [0, 0.1) is 0 Å². The van der Waals surface area contributed by atoms with Crippen LogP contribution >= 0.6 is 0 Å². The lowest BCUT2D eigenvalue weighted by atomic mass is 10.0. The van der Waals surface area contributed by atoms with E-state index in [0.717, 1.165) is 6.42 Å². The molecule has 29 heavy (non-hydrogen) atoms. The highest BCUT2D eigenvalue weighted by molar-refractivity contribution is 5.96. The van der Waals surface area contributed by atoms with Gasteiger partial charge in [-0.2, -0.15) is 0 Å². The van der Waals surface area contributed by atoms with E-state index >= 15 is 0 Å². The first-order valence-corrected chi connectivity index (χ1v) is 9.61. The normalized spacial score (nSPS) is 10.3. The SMILES string of the molecule is CCCC(=O)Nc1ccc(C(=O)NNC(=O)COc2ccc(C(C)C)cc2)cc1. The average molecular weight is 397 g/mol. The topological polar surface area (TPSA) is 96.5 Å². The van der Waals surface area contributed by atoms with E-state index in [2.05, 4.69) is 30.0 Å². The molecule has 0 unspecified atom stereocenters. The van der Waals surface area contributed by atoms with Crippen LogP contribution in [0.5, 0.6) is 5.75 Å². The van der Waals surface area contributed by atoms with Crippen molar-refractivity contribution >= 4 is 23.4 Å². The molecule has 7 heteroatoms. The van der Waals surface area contributed by atoms with Gasteiger partial charge in [-0.25, -0.2) is 0 Å². The van der Waals surface area contributed by atoms with E-state index in [4.69, 9.17) is 4.74 Å². The van der Waals surface area contributed by atoms with Crippen LogP contribution in [0.25, 0.3) is 0 Å². The summed E-state index contributed by atoms with van der Waals surface area (Å²) in [6.45, 7) is 5.91. The predicted molar refractivity (Wildman–Crippen MR) is 112 cm³/mol. The minimum absolute atomic E-state index is 0.0733. The van der Waals surface area contributed by atoms with Crippen LogP contribution in [0.3, 0.4) is 0 Å². The summed E-state index contributed by atoms with van der Waals surface area (Å²) in [6, 6.07) is 13.9. The summed E-state index contributed by atoms with van der Waals surface area (Å²) in [5.74, 6) is -0.0163. The minimum Gasteiger partial charge on any atom is -0.484 e. The van der Waals surface area contributed by atoms with Crippen LogP contribution in [-0.2, 0) is 9.59 Å². The second-order valence-corrected chi connectivity index (χ2v) is 6.89. The number of rotatable bonds is 8. The number of benzene rings is 2. The van der Waals surface area contributed by atoms with E-state index in [1.54, 1.807) is 24.3 Å². The molecule has 0 aliphatic heterocycles. The van der Waals surface area contributed by atoms with Gasteiger partial charge in [-0.05, 0) is 54.3 Å². The average Bonchev–Trinajstić information content (AvgIpc) is 2.71. The molecule has 0 heterocycles. The first-order valence-electron chi connectivity index (χ1n) is 9.61. The summed E-state index contributed by atoms with van der Waals surface area (Å²) < 4.78 is 5.41. The fraction of sp³-hybridized carbons (Fsp3) is 0.318. The zero-order valence-electron chi connectivity index (χ0n) is 17.0. The quantitative estimate of drug-likeness (QED) is 0.595. The van der Waals surface area contributed by atoms with Crippen molar-refractivity contribution in [2.75, 3.05) is 11.9 Å². The summed E-state index contributed by atoms with van der Waals surface area (Å²) in [5, 5.41) is 2.74. The lowest BCUT2D eigenvalue weighted by Gasteiger charge is -2.10. The standard InChI is InChI=1S/C22H27N3O4/c1-4-5-20(26)23-18-10-6-17(7-11-18)22(28)25-24-21(27)14-29-19-12-8-16(9-13-19)15(2)3/h6-13,15H,4-5,14H2,1-3H3,(H,23,26)(H,24,27)(H,25,28). The molecule has 0 radical (unpaired) electrons. The van der Waals surface area contributed by atoms with E-state index in [9.17, 15) is 14.4 Å². The van der Waals surface area contributed by atoms with Gasteiger partial charge in [-0.3, -0.25) is 25.2 Å². The summed E-state index contributed by atoms with van der Waals surface area (Å²) in [6.07, 6.45) is 1.21. The molecule has 0 aliphatic rings. The van der Waals surface area contributed by atoms with Gasteiger partial charge in [0.25, 0.3) is 11.8 Å². The lowest BCUT2D eigenvalue weighted by molar-refractivity contribution is -0.123. The van der Waals surface area contributed by atoms with Crippen LogP contribution < -0.4 is 20.9 Å². The van der Waals surface area contributed by atoms with Crippen molar-refractivity contribution in [3.05, 3.63) is 59.7 Å². The van der Waals surface area contributed by atoms with Gasteiger partial charge in [0.05, 0.1) is 0 Å². The second kappa shape index (κ2) is 10.8. The van der Waals surface area contributed by atoms with Crippen molar-refractivity contribution in [3.8, 4) is 5.75 Å². The van der Waals surface area contributed by atoms with Crippen LogP contribution in [0.4, 0.5) is 5.69 Å². The fourth-order valence-electron chi connectivity index (χ4n) is 2.49. The number of amides is 3. The van der Waals surface area contributed by atoms with Crippen molar-refractivity contribution in [1.82, 2.24) is 10.9 Å². The van der Waals surface area contributed by atoms with Gasteiger partial charge in [-0.15, -0.1) is 0 Å². The molecule has 2 rings (SSSR count). The highest BCUT2D eigenvalue weighted by Gasteiger charge is 2.09. The Labute approximate surface area is 170 Å². The third-order valence-corrected chi connectivity index (χ3v) is 4.14. The molecule has 0 saturated carbocycles. The van der Waals surface area contributed by atoms with E-state index in [1.807, 2.05) is 31.2 Å². The van der Waals surface area contributed by atoms with Gasteiger partial charge in [0, 0.05) is 17.7 Å². The maximum absolute atomic E-state index is 12.1. The van der Waals surface area contributed by atoms with Crippen LogP contribution in [-0.4, -0.2) is 24.3 Å². The van der Waals surface area contributed by atoms with Crippen molar-refractivity contribution in [2.45, 2.75) is 39.5 Å². The highest BCUT2D eigenvalue weighted by atomic mass is 16.5. The third-order valence-electron chi connectivity index (χ3n) is 4.14. The van der Waals surface area contributed by atoms with Crippen LogP contribution in [0.2, 0.25) is 0 Å². The highest BCUT2D eigenvalue weighted by Crippen LogP contribution is 2.18. The Kier molecular flexibility index (Phi) is 8.21. The monoisotopic (exact) mass is 397 g/mol. The molecule has 154 valence electrons. The summed E-state index contributed by atoms with van der Waals surface area (Å²) in [4.78, 5) is 35.5. The zero-order chi connectivity index (χ0) is 21.2. The lowest BCUT2D eigenvalue weighted by Crippen LogP contribution is -2.43. The number of hydrogen-bond donors (Lipinski definition) is 3. The number of ether oxygens (including phenoxy) is 1. The molecule has 0 spiro atoms. The number of hydrogen-bond acceptors (Lipinski definition) is 4. The van der Waals surface area contributed by atoms with Gasteiger partial charge in [-0.1, -0.05) is 32.9 Å². The molecule has 0 bridgehead atoms. The van der Waals surface area contributed by atoms with Crippen molar-refractivity contribution in [3.63, 3.8) is 0 Å². The van der Waals surface area contributed by atoms with Gasteiger partial charge < -0.3 is 10.1 Å². The zero-order valence-corrected chi connectivity index (χ0v) is 17.0. The Hall–Kier alpha value is -3.35. The van der Waals surface area contributed by atoms with Gasteiger partial charge in [0.2, 0.25) is 5.91 Å². The number of hydrazine groups is 1. The molecule has 7 nitrogen and oxygen atoms in total. The molecule has 0 aliphatic carbocycles. The largest absolute Gasteiger partial charge is 0.484 e. The number of carbonyl (C=O) groups is 3. The Balaban J connectivity index is 1.76. The van der Waals surface area contributed by atoms with Crippen molar-refractivity contribution in [1.29, 1.82) is 0 Å². The maximum Gasteiger partial charge on any atom is 0.276 e. The molecular weight excluding hydrogens is 370 g/mol. The molecule has 2 aromatic rings. The second-order valence-electron chi connectivity index (χ2n) is 6.89. The number of nitrogens with one attached hydrogen (secondary N) is 3. The van der Waals surface area contributed by atoms with Crippen LogP contribution in [0.15, 0.2) is 48.5 Å². The first kappa shape index (κ1) is 21.9. The Bertz CT molecular complexity index is 830. The van der Waals surface area contributed by atoms with Gasteiger partial charge >= 0.3 is 0 Å². The van der Waals surface area contributed by atoms with E-state index in [1.165, 1.54) is 5.56 Å². The molecule has 0 atom stereocenters. The molecule has 3 amide bonds. The number of carbonyl (C=O) groups excluding carboxylic acids is 3. The van der Waals surface area contributed by atoms with Crippen molar-refractivity contribution < 1.29 is 19.1 Å².